The maximum Gasteiger partial charge on any atom is 0.200 e. The number of unbranched alkanes of at least 4 members (excludes halogenated alkanes) is 1. The highest BCUT2D eigenvalue weighted by Crippen LogP contribution is 2.42. The molecule has 23 heavy (non-hydrogen) atoms. The lowest BCUT2D eigenvalue weighted by molar-refractivity contribution is -0.139. The van der Waals surface area contributed by atoms with Gasteiger partial charge in [-0.25, -0.2) is 0 Å². The quantitative estimate of drug-likeness (QED) is 0.711. The van der Waals surface area contributed by atoms with Crippen LogP contribution < -0.4 is 0 Å². The zero-order chi connectivity index (χ0) is 16.2. The number of Topliss-reactive ketones (excluding diaryl/α,β-unsaturated/α-hetero) is 1. The predicted octanol–water partition coefficient (Wildman–Crippen LogP) is 4.99. The lowest BCUT2D eigenvalue weighted by Crippen LogP contribution is -2.32. The number of allylic oxidation sites excluding steroid dienone is 2. The van der Waals surface area contributed by atoms with Crippen LogP contribution in [-0.2, 0) is 14.3 Å². The van der Waals surface area contributed by atoms with E-state index in [9.17, 15) is 4.79 Å². The van der Waals surface area contributed by atoms with E-state index in [2.05, 4.69) is 6.92 Å². The van der Waals surface area contributed by atoms with Gasteiger partial charge in [0, 0.05) is 35.8 Å². The van der Waals surface area contributed by atoms with Crippen LogP contribution in [0.5, 0.6) is 0 Å². The Balaban J connectivity index is 1.88. The van der Waals surface area contributed by atoms with Crippen molar-refractivity contribution in [1.29, 1.82) is 0 Å². The van der Waals surface area contributed by atoms with Crippen LogP contribution in [0.3, 0.4) is 0 Å². The van der Waals surface area contributed by atoms with Crippen LogP contribution in [0.25, 0.3) is 0 Å². The first-order chi connectivity index (χ1) is 11.2. The number of hydrogen-bond acceptors (Lipinski definition) is 3. The Bertz CT molecular complexity index is 608. The number of hydrogen-bond donors (Lipinski definition) is 0. The Hall–Kier alpha value is -1.32. The van der Waals surface area contributed by atoms with Gasteiger partial charge in [0.25, 0.3) is 0 Å². The van der Waals surface area contributed by atoms with Crippen LogP contribution >= 0.6 is 11.6 Å². The minimum absolute atomic E-state index is 0.0249. The van der Waals surface area contributed by atoms with Crippen LogP contribution in [-0.4, -0.2) is 18.7 Å². The van der Waals surface area contributed by atoms with Gasteiger partial charge >= 0.3 is 0 Å². The van der Waals surface area contributed by atoms with Crippen molar-refractivity contribution >= 4 is 17.4 Å². The Labute approximate surface area is 142 Å². The third-order valence-electron chi connectivity index (χ3n) is 4.51. The fourth-order valence-electron chi connectivity index (χ4n) is 3.35. The lowest BCUT2D eigenvalue weighted by atomic mass is 9.79. The van der Waals surface area contributed by atoms with Gasteiger partial charge in [0.05, 0.1) is 6.61 Å². The predicted molar refractivity (Wildman–Crippen MR) is 90.4 cm³/mol. The van der Waals surface area contributed by atoms with E-state index in [0.29, 0.717) is 24.5 Å². The molecule has 0 N–H and O–H groups in total. The summed E-state index contributed by atoms with van der Waals surface area (Å²) in [7, 11) is 0. The Kier molecular flexibility index (Phi) is 5.39. The number of halogens is 1. The van der Waals surface area contributed by atoms with Gasteiger partial charge in [-0.05, 0) is 30.5 Å². The van der Waals surface area contributed by atoms with Gasteiger partial charge in [-0.3, -0.25) is 4.79 Å². The largest absolute Gasteiger partial charge is 0.469 e. The second kappa shape index (κ2) is 7.50. The van der Waals surface area contributed by atoms with E-state index >= 15 is 0 Å². The number of carbonyl (C=O) groups excluding carboxylic acids is 1. The zero-order valence-corrected chi connectivity index (χ0v) is 14.3. The van der Waals surface area contributed by atoms with E-state index in [-0.39, 0.29) is 18.0 Å². The van der Waals surface area contributed by atoms with Crippen molar-refractivity contribution < 1.29 is 14.3 Å². The molecule has 2 atom stereocenters. The van der Waals surface area contributed by atoms with Crippen molar-refractivity contribution in [3.8, 4) is 0 Å². The summed E-state index contributed by atoms with van der Waals surface area (Å²) in [6, 6.07) is 7.79. The monoisotopic (exact) mass is 334 g/mol. The number of ketones is 1. The summed E-state index contributed by atoms with van der Waals surface area (Å²) in [4.78, 5) is 12.5. The molecule has 0 fully saturated rings. The second-order valence-corrected chi connectivity index (χ2v) is 6.67. The average Bonchev–Trinajstić information content (AvgIpc) is 2.54. The molecule has 0 radical (unpaired) electrons. The van der Waals surface area contributed by atoms with Crippen LogP contribution in [0.4, 0.5) is 0 Å². The van der Waals surface area contributed by atoms with Gasteiger partial charge in [0.1, 0.15) is 5.76 Å². The van der Waals surface area contributed by atoms with Gasteiger partial charge < -0.3 is 9.47 Å². The third kappa shape index (κ3) is 3.78. The van der Waals surface area contributed by atoms with Crippen LogP contribution in [0, 0.1) is 0 Å². The third-order valence-corrected chi connectivity index (χ3v) is 4.75. The number of ether oxygens (including phenoxy) is 2. The molecule has 0 aromatic heterocycles. The lowest BCUT2D eigenvalue weighted by Gasteiger charge is -2.36. The molecule has 1 aliphatic carbocycles. The summed E-state index contributed by atoms with van der Waals surface area (Å²) < 4.78 is 11.9. The maximum atomic E-state index is 12.5. The summed E-state index contributed by atoms with van der Waals surface area (Å²) in [5, 5.41) is 0.697. The minimum Gasteiger partial charge on any atom is -0.469 e. The highest BCUT2D eigenvalue weighted by atomic mass is 35.5. The highest BCUT2D eigenvalue weighted by molar-refractivity contribution is 6.30. The fourth-order valence-corrected chi connectivity index (χ4v) is 3.55. The summed E-state index contributed by atoms with van der Waals surface area (Å²) in [5.41, 5.74) is 1.92. The average molecular weight is 335 g/mol. The van der Waals surface area contributed by atoms with Crippen molar-refractivity contribution in [2.45, 2.75) is 57.7 Å². The van der Waals surface area contributed by atoms with E-state index in [0.717, 1.165) is 42.6 Å². The molecule has 3 nitrogen and oxygen atoms in total. The first-order valence-corrected chi connectivity index (χ1v) is 8.86. The number of rotatable bonds is 5. The normalized spacial score (nSPS) is 24.3. The molecule has 3 rings (SSSR count). The maximum absolute atomic E-state index is 12.5. The first-order valence-electron chi connectivity index (χ1n) is 8.49. The van der Waals surface area contributed by atoms with E-state index < -0.39 is 0 Å². The SMILES string of the molecule is CCCCOC1CC(c2cccc(Cl)c2)C2=C(CCCC2=O)O1. The van der Waals surface area contributed by atoms with Crippen molar-refractivity contribution in [3.05, 3.63) is 46.2 Å². The summed E-state index contributed by atoms with van der Waals surface area (Å²) in [6.07, 6.45) is 4.82. The van der Waals surface area contributed by atoms with Crippen LogP contribution in [0.2, 0.25) is 5.02 Å². The van der Waals surface area contributed by atoms with Crippen molar-refractivity contribution in [2.75, 3.05) is 6.61 Å². The second-order valence-electron chi connectivity index (χ2n) is 6.23. The molecule has 4 heteroatoms. The number of benzene rings is 1. The fraction of sp³-hybridized carbons (Fsp3) is 0.526. The topological polar surface area (TPSA) is 35.5 Å². The summed E-state index contributed by atoms with van der Waals surface area (Å²) >= 11 is 6.15. The molecule has 0 saturated carbocycles. The van der Waals surface area contributed by atoms with Crippen molar-refractivity contribution in [3.63, 3.8) is 0 Å². The number of carbonyl (C=O) groups is 1. The molecule has 0 amide bonds. The van der Waals surface area contributed by atoms with Gasteiger partial charge in [-0.1, -0.05) is 37.1 Å². The summed E-state index contributed by atoms with van der Waals surface area (Å²) in [5.74, 6) is 1.07. The van der Waals surface area contributed by atoms with E-state index in [1.165, 1.54) is 0 Å². The molecule has 1 aromatic carbocycles. The standard InChI is InChI=1S/C19H23ClO3/c1-2-3-10-22-18-12-15(13-6-4-7-14(20)11-13)19-16(21)8-5-9-17(19)23-18/h4,6-7,11,15,18H,2-3,5,8-10,12H2,1H3. The molecular formula is C19H23ClO3. The van der Waals surface area contributed by atoms with Crippen molar-refractivity contribution in [2.24, 2.45) is 0 Å². The molecule has 0 saturated heterocycles. The van der Waals surface area contributed by atoms with Crippen LogP contribution in [0.15, 0.2) is 35.6 Å². The molecular weight excluding hydrogens is 312 g/mol. The molecule has 0 bridgehead atoms. The smallest absolute Gasteiger partial charge is 0.200 e. The molecule has 0 spiro atoms. The van der Waals surface area contributed by atoms with E-state index in [4.69, 9.17) is 21.1 Å². The Morgan fingerprint density at radius 2 is 2.22 bits per heavy atom. The highest BCUT2D eigenvalue weighted by Gasteiger charge is 2.37. The van der Waals surface area contributed by atoms with E-state index in [1.807, 2.05) is 24.3 Å². The van der Waals surface area contributed by atoms with E-state index in [1.54, 1.807) is 0 Å². The van der Waals surface area contributed by atoms with Gasteiger partial charge in [-0.15, -0.1) is 0 Å². The van der Waals surface area contributed by atoms with Gasteiger partial charge in [0.15, 0.2) is 12.1 Å². The zero-order valence-electron chi connectivity index (χ0n) is 13.5. The molecule has 2 unspecified atom stereocenters. The molecule has 1 aliphatic heterocycles. The first kappa shape index (κ1) is 16.5. The van der Waals surface area contributed by atoms with Gasteiger partial charge in [0.2, 0.25) is 0 Å². The van der Waals surface area contributed by atoms with Gasteiger partial charge in [-0.2, -0.15) is 0 Å². The molecule has 1 heterocycles. The Morgan fingerprint density at radius 1 is 1.35 bits per heavy atom. The Morgan fingerprint density at radius 3 is 3.00 bits per heavy atom. The summed E-state index contributed by atoms with van der Waals surface area (Å²) in [6.45, 7) is 2.83. The molecule has 124 valence electrons. The van der Waals surface area contributed by atoms with Crippen LogP contribution in [0.1, 0.15) is 56.9 Å². The molecule has 1 aromatic rings. The minimum atomic E-state index is -0.268. The van der Waals surface area contributed by atoms with Crippen molar-refractivity contribution in [1.82, 2.24) is 0 Å². The molecule has 2 aliphatic rings.